The molecule has 2 atom stereocenters. The summed E-state index contributed by atoms with van der Waals surface area (Å²) in [6.07, 6.45) is 1.67. The van der Waals surface area contributed by atoms with Gasteiger partial charge < -0.3 is 10.1 Å². The summed E-state index contributed by atoms with van der Waals surface area (Å²) in [4.78, 5) is 25.0. The molecule has 1 N–H and O–H groups in total. The summed E-state index contributed by atoms with van der Waals surface area (Å²) < 4.78 is 5.38. The summed E-state index contributed by atoms with van der Waals surface area (Å²) in [6, 6.07) is 15.5. The molecule has 0 aliphatic rings. The van der Waals surface area contributed by atoms with Crippen LogP contribution >= 0.6 is 0 Å². The Morgan fingerprint density at radius 1 is 1.04 bits per heavy atom. The lowest BCUT2D eigenvalue weighted by molar-refractivity contribution is -0.150. The highest BCUT2D eigenvalue weighted by molar-refractivity contribution is 5.94. The number of rotatable bonds is 8. The Balaban J connectivity index is 2.04. The van der Waals surface area contributed by atoms with Gasteiger partial charge in [-0.05, 0) is 36.0 Å². The van der Waals surface area contributed by atoms with E-state index in [0.717, 1.165) is 35.2 Å². The molecule has 4 nitrogen and oxygen atoms in total. The minimum absolute atomic E-state index is 0.131. The molecule has 0 spiro atoms. The van der Waals surface area contributed by atoms with E-state index in [1.54, 1.807) is 0 Å². The van der Waals surface area contributed by atoms with Crippen LogP contribution < -0.4 is 5.32 Å². The van der Waals surface area contributed by atoms with Gasteiger partial charge in [0.2, 0.25) is 0 Å². The van der Waals surface area contributed by atoms with Gasteiger partial charge in [0.15, 0.2) is 6.61 Å². The van der Waals surface area contributed by atoms with Crippen molar-refractivity contribution >= 4 is 17.6 Å². The number of amides is 1. The number of nitrogens with one attached hydrogen (secondary N) is 1. The van der Waals surface area contributed by atoms with E-state index < -0.39 is 0 Å². The molecule has 4 heteroatoms. The second-order valence-corrected chi connectivity index (χ2v) is 6.89. The van der Waals surface area contributed by atoms with E-state index in [-0.39, 0.29) is 30.3 Å². The summed E-state index contributed by atoms with van der Waals surface area (Å²) in [6.45, 7) is 7.79. The van der Waals surface area contributed by atoms with Crippen LogP contribution in [-0.2, 0) is 20.7 Å². The van der Waals surface area contributed by atoms with Crippen molar-refractivity contribution in [2.24, 2.45) is 5.92 Å². The van der Waals surface area contributed by atoms with E-state index in [0.29, 0.717) is 0 Å². The molecule has 2 aromatic carbocycles. The van der Waals surface area contributed by atoms with Crippen LogP contribution in [-0.4, -0.2) is 18.5 Å². The molecule has 0 saturated carbocycles. The van der Waals surface area contributed by atoms with E-state index >= 15 is 0 Å². The predicted molar refractivity (Wildman–Crippen MR) is 109 cm³/mol. The Bertz CT molecular complexity index is 770. The van der Waals surface area contributed by atoms with Gasteiger partial charge in [-0.1, -0.05) is 75.7 Å². The molecule has 0 fully saturated rings. The Morgan fingerprint density at radius 3 is 2.37 bits per heavy atom. The van der Waals surface area contributed by atoms with Crippen molar-refractivity contribution in [1.29, 1.82) is 0 Å². The number of esters is 1. The molecule has 1 amide bonds. The zero-order valence-electron chi connectivity index (χ0n) is 16.6. The van der Waals surface area contributed by atoms with Gasteiger partial charge >= 0.3 is 5.97 Å². The van der Waals surface area contributed by atoms with Crippen molar-refractivity contribution in [2.75, 3.05) is 11.9 Å². The molecule has 0 bridgehead atoms. The van der Waals surface area contributed by atoms with Gasteiger partial charge in [-0.2, -0.15) is 0 Å². The summed E-state index contributed by atoms with van der Waals surface area (Å²) in [5.74, 6) is -0.908. The van der Waals surface area contributed by atoms with Crippen LogP contribution in [0.2, 0.25) is 0 Å². The van der Waals surface area contributed by atoms with Gasteiger partial charge in [-0.3, -0.25) is 9.59 Å². The Morgan fingerprint density at radius 2 is 1.74 bits per heavy atom. The lowest BCUT2D eigenvalue weighted by Crippen LogP contribution is -2.27. The summed E-state index contributed by atoms with van der Waals surface area (Å²) in [5, 5.41) is 2.89. The first-order chi connectivity index (χ1) is 13.0. The minimum Gasteiger partial charge on any atom is -0.455 e. The molecule has 0 aliphatic carbocycles. The van der Waals surface area contributed by atoms with Gasteiger partial charge in [-0.25, -0.2) is 0 Å². The number of carbonyl (C=O) groups excluding carboxylic acids is 2. The number of carbonyl (C=O) groups is 2. The third-order valence-corrected chi connectivity index (χ3v) is 4.98. The fourth-order valence-corrected chi connectivity index (χ4v) is 3.20. The zero-order valence-corrected chi connectivity index (χ0v) is 16.6. The summed E-state index contributed by atoms with van der Waals surface area (Å²) in [5.41, 5.74) is 3.79. The number of aryl methyl sites for hydroxylation is 2. The van der Waals surface area contributed by atoms with Crippen molar-refractivity contribution < 1.29 is 14.3 Å². The number of hydrogen-bond acceptors (Lipinski definition) is 3. The van der Waals surface area contributed by atoms with Crippen LogP contribution in [0.5, 0.6) is 0 Å². The molecule has 0 heterocycles. The van der Waals surface area contributed by atoms with Crippen LogP contribution in [0.15, 0.2) is 48.5 Å². The Hall–Kier alpha value is -2.62. The number of ether oxygens (including phenoxy) is 1. The fraction of sp³-hybridized carbons (Fsp3) is 0.391. The first-order valence-corrected chi connectivity index (χ1v) is 9.57. The van der Waals surface area contributed by atoms with Crippen molar-refractivity contribution in [1.82, 2.24) is 0 Å². The van der Waals surface area contributed by atoms with Gasteiger partial charge in [0, 0.05) is 5.69 Å². The van der Waals surface area contributed by atoms with Gasteiger partial charge in [0.1, 0.15) is 0 Å². The lowest BCUT2D eigenvalue weighted by Gasteiger charge is -2.22. The van der Waals surface area contributed by atoms with Gasteiger partial charge in [0.05, 0.1) is 5.92 Å². The maximum absolute atomic E-state index is 12.7. The molecular formula is C23H29NO3. The quantitative estimate of drug-likeness (QED) is 0.677. The highest BCUT2D eigenvalue weighted by atomic mass is 16.5. The van der Waals surface area contributed by atoms with E-state index in [1.165, 1.54) is 0 Å². The predicted octanol–water partition coefficient (Wildman–Crippen LogP) is 4.87. The monoisotopic (exact) mass is 367 g/mol. The average molecular weight is 367 g/mol. The summed E-state index contributed by atoms with van der Waals surface area (Å²) in [7, 11) is 0. The molecule has 0 unspecified atom stereocenters. The van der Waals surface area contributed by atoms with Crippen LogP contribution in [0.4, 0.5) is 5.69 Å². The van der Waals surface area contributed by atoms with E-state index in [4.69, 9.17) is 4.74 Å². The number of hydrogen-bond donors (Lipinski definition) is 1. The van der Waals surface area contributed by atoms with Gasteiger partial charge in [-0.15, -0.1) is 0 Å². The topological polar surface area (TPSA) is 55.4 Å². The Labute approximate surface area is 161 Å². The molecule has 144 valence electrons. The van der Waals surface area contributed by atoms with Crippen LogP contribution in [0.25, 0.3) is 0 Å². The highest BCUT2D eigenvalue weighted by Gasteiger charge is 2.27. The second-order valence-electron chi connectivity index (χ2n) is 6.89. The lowest BCUT2D eigenvalue weighted by atomic mass is 9.86. The van der Waals surface area contributed by atoms with E-state index in [1.807, 2.05) is 76.2 Å². The van der Waals surface area contributed by atoms with Gasteiger partial charge in [0.25, 0.3) is 5.91 Å². The molecule has 27 heavy (non-hydrogen) atoms. The Kier molecular flexibility index (Phi) is 7.59. The first kappa shape index (κ1) is 20.7. The first-order valence-electron chi connectivity index (χ1n) is 9.57. The third-order valence-electron chi connectivity index (χ3n) is 4.98. The SMILES string of the molecule is CCc1cccc(C)c1NC(=O)COC(=O)[C@H](c1ccccc1)[C@@H](C)CC. The second kappa shape index (κ2) is 9.91. The van der Waals surface area contributed by atoms with Crippen LogP contribution in [0, 0.1) is 12.8 Å². The molecule has 0 saturated heterocycles. The highest BCUT2D eigenvalue weighted by Crippen LogP contribution is 2.28. The minimum atomic E-state index is -0.367. The van der Waals surface area contributed by atoms with E-state index in [2.05, 4.69) is 5.32 Å². The molecule has 0 aliphatic heterocycles. The average Bonchev–Trinajstić information content (AvgIpc) is 2.68. The van der Waals surface area contributed by atoms with Crippen LogP contribution in [0.1, 0.15) is 49.8 Å². The molecule has 2 rings (SSSR count). The fourth-order valence-electron chi connectivity index (χ4n) is 3.20. The number of anilines is 1. The summed E-state index contributed by atoms with van der Waals surface area (Å²) >= 11 is 0. The van der Waals surface area contributed by atoms with Crippen molar-refractivity contribution in [3.8, 4) is 0 Å². The molecule has 2 aromatic rings. The van der Waals surface area contributed by atoms with Crippen LogP contribution in [0.3, 0.4) is 0 Å². The molecule has 0 radical (unpaired) electrons. The van der Waals surface area contributed by atoms with E-state index in [9.17, 15) is 9.59 Å². The molecule has 0 aromatic heterocycles. The molecular weight excluding hydrogens is 338 g/mol. The standard InChI is InChI=1S/C23H29NO3/c1-5-16(3)21(19-12-8-7-9-13-19)23(26)27-15-20(25)24-22-17(4)11-10-14-18(22)6-2/h7-14,16,21H,5-6,15H2,1-4H3,(H,24,25)/t16-,21-/m0/s1. The van der Waals surface area contributed by atoms with Crippen molar-refractivity contribution in [3.63, 3.8) is 0 Å². The normalized spacial score (nSPS) is 12.9. The smallest absolute Gasteiger partial charge is 0.314 e. The van der Waals surface area contributed by atoms with Crippen molar-refractivity contribution in [2.45, 2.75) is 46.5 Å². The number of benzene rings is 2. The third kappa shape index (κ3) is 5.43. The largest absolute Gasteiger partial charge is 0.455 e. The maximum atomic E-state index is 12.7. The number of para-hydroxylation sites is 1. The zero-order chi connectivity index (χ0) is 19.8. The maximum Gasteiger partial charge on any atom is 0.314 e. The van der Waals surface area contributed by atoms with Crippen molar-refractivity contribution in [3.05, 3.63) is 65.2 Å².